The lowest BCUT2D eigenvalue weighted by molar-refractivity contribution is -0.159. The lowest BCUT2D eigenvalue weighted by atomic mass is 9.94. The number of carbonyl (C=O) groups excluding carboxylic acids is 2. The van der Waals surface area contributed by atoms with E-state index in [1.165, 1.54) is 19.3 Å². The highest BCUT2D eigenvalue weighted by Gasteiger charge is 2.27. The first-order valence-corrected chi connectivity index (χ1v) is 9.57. The summed E-state index contributed by atoms with van der Waals surface area (Å²) in [6.45, 7) is 1.67. The number of ether oxygens (including phenoxy) is 1. The van der Waals surface area contributed by atoms with Crippen LogP contribution in [0.4, 0.5) is 0 Å². The van der Waals surface area contributed by atoms with Crippen molar-refractivity contribution in [1.82, 2.24) is 9.88 Å². The normalized spacial score (nSPS) is 16.4. The lowest BCUT2D eigenvalue weighted by Gasteiger charge is -2.32. The molecule has 3 rings (SSSR count). The molecule has 0 unspecified atom stereocenters. The Morgan fingerprint density at radius 1 is 1.23 bits per heavy atom. The van der Waals surface area contributed by atoms with Crippen LogP contribution in [0.2, 0.25) is 0 Å². The molecule has 0 spiro atoms. The third-order valence-corrected chi connectivity index (χ3v) is 5.40. The number of aromatic amines is 1. The van der Waals surface area contributed by atoms with Crippen LogP contribution in [0.5, 0.6) is 0 Å². The van der Waals surface area contributed by atoms with Gasteiger partial charge in [-0.2, -0.15) is 0 Å². The maximum absolute atomic E-state index is 12.5. The van der Waals surface area contributed by atoms with Gasteiger partial charge in [-0.25, -0.2) is 0 Å². The predicted molar refractivity (Wildman–Crippen MR) is 102 cm³/mol. The van der Waals surface area contributed by atoms with Crippen molar-refractivity contribution < 1.29 is 14.3 Å². The van der Waals surface area contributed by atoms with Crippen molar-refractivity contribution in [2.24, 2.45) is 0 Å². The van der Waals surface area contributed by atoms with E-state index in [1.807, 2.05) is 37.5 Å². The Balaban J connectivity index is 1.50. The van der Waals surface area contributed by atoms with Crippen LogP contribution in [0.1, 0.15) is 51.0 Å². The first kappa shape index (κ1) is 18.5. The number of esters is 1. The van der Waals surface area contributed by atoms with E-state index in [2.05, 4.69) is 4.98 Å². The number of hydrogen-bond acceptors (Lipinski definition) is 3. The van der Waals surface area contributed by atoms with Crippen molar-refractivity contribution in [3.05, 3.63) is 36.0 Å². The molecule has 140 valence electrons. The number of rotatable bonds is 6. The molecule has 26 heavy (non-hydrogen) atoms. The second-order valence-corrected chi connectivity index (χ2v) is 7.23. The van der Waals surface area contributed by atoms with Crippen molar-refractivity contribution in [1.29, 1.82) is 0 Å². The minimum absolute atomic E-state index is 0.0997. The van der Waals surface area contributed by atoms with Crippen molar-refractivity contribution in [2.45, 2.75) is 64.0 Å². The Bertz CT molecular complexity index is 761. The van der Waals surface area contributed by atoms with E-state index < -0.39 is 6.10 Å². The fourth-order valence-corrected chi connectivity index (χ4v) is 3.82. The van der Waals surface area contributed by atoms with Crippen LogP contribution in [0.25, 0.3) is 10.9 Å². The number of para-hydroxylation sites is 1. The molecule has 5 heteroatoms. The quantitative estimate of drug-likeness (QED) is 0.800. The van der Waals surface area contributed by atoms with E-state index in [0.29, 0.717) is 6.42 Å². The topological polar surface area (TPSA) is 62.4 Å². The summed E-state index contributed by atoms with van der Waals surface area (Å²) in [5.41, 5.74) is 2.16. The highest BCUT2D eigenvalue weighted by molar-refractivity contribution is 5.85. The zero-order chi connectivity index (χ0) is 18.5. The fourth-order valence-electron chi connectivity index (χ4n) is 3.82. The molecule has 0 aliphatic heterocycles. The molecule has 1 aliphatic rings. The third kappa shape index (κ3) is 4.26. The maximum atomic E-state index is 12.5. The van der Waals surface area contributed by atoms with E-state index in [0.717, 1.165) is 29.3 Å². The molecule has 1 N–H and O–H groups in total. The summed E-state index contributed by atoms with van der Waals surface area (Å²) in [5.74, 6) is -0.425. The van der Waals surface area contributed by atoms with Crippen LogP contribution in [0, 0.1) is 0 Å². The van der Waals surface area contributed by atoms with Crippen LogP contribution in [0.15, 0.2) is 30.5 Å². The first-order chi connectivity index (χ1) is 12.6. The van der Waals surface area contributed by atoms with Crippen LogP contribution in [-0.4, -0.2) is 41.0 Å². The molecule has 1 heterocycles. The number of likely N-dealkylation sites (N-methyl/N-ethyl adjacent to an activating group) is 1. The summed E-state index contributed by atoms with van der Waals surface area (Å²) < 4.78 is 5.39. The third-order valence-electron chi connectivity index (χ3n) is 5.40. The molecule has 0 radical (unpaired) electrons. The van der Waals surface area contributed by atoms with E-state index in [4.69, 9.17) is 4.74 Å². The summed E-state index contributed by atoms with van der Waals surface area (Å²) in [7, 11) is 1.83. The molecule has 1 saturated carbocycles. The summed E-state index contributed by atoms with van der Waals surface area (Å²) in [6.07, 6.45) is 7.75. The first-order valence-electron chi connectivity index (χ1n) is 9.57. The van der Waals surface area contributed by atoms with Crippen LogP contribution in [-0.2, 0) is 20.7 Å². The van der Waals surface area contributed by atoms with Crippen molar-refractivity contribution in [3.8, 4) is 0 Å². The average Bonchev–Trinajstić information content (AvgIpc) is 3.09. The van der Waals surface area contributed by atoms with E-state index in [9.17, 15) is 9.59 Å². The Kier molecular flexibility index (Phi) is 5.96. The van der Waals surface area contributed by atoms with Crippen LogP contribution >= 0.6 is 0 Å². The smallest absolute Gasteiger partial charge is 0.306 e. The number of amides is 1. The average molecular weight is 356 g/mol. The fraction of sp³-hybridized carbons (Fsp3) is 0.524. The molecule has 1 aromatic carbocycles. The predicted octanol–water partition coefficient (Wildman–Crippen LogP) is 3.82. The van der Waals surface area contributed by atoms with Gasteiger partial charge in [0.2, 0.25) is 0 Å². The van der Waals surface area contributed by atoms with Gasteiger partial charge in [0.15, 0.2) is 6.10 Å². The zero-order valence-electron chi connectivity index (χ0n) is 15.7. The molecule has 0 saturated heterocycles. The number of benzene rings is 1. The number of hydrogen-bond donors (Lipinski definition) is 1. The lowest BCUT2D eigenvalue weighted by Crippen LogP contribution is -2.44. The molecule has 1 fully saturated rings. The van der Waals surface area contributed by atoms with Gasteiger partial charge < -0.3 is 14.6 Å². The number of fused-ring (bicyclic) bond motifs is 1. The number of aromatic nitrogens is 1. The van der Waals surface area contributed by atoms with Crippen LogP contribution in [0.3, 0.4) is 0 Å². The number of nitrogens with zero attached hydrogens (tertiary/aromatic N) is 1. The molecule has 1 atom stereocenters. The summed E-state index contributed by atoms with van der Waals surface area (Å²) >= 11 is 0. The highest BCUT2D eigenvalue weighted by Crippen LogP contribution is 2.23. The molecular formula is C21H28N2O3. The Morgan fingerprint density at radius 2 is 1.96 bits per heavy atom. The summed E-state index contributed by atoms with van der Waals surface area (Å²) in [5, 5.41) is 1.13. The standard InChI is InChI=1S/C21H28N2O3/c1-15(21(25)23(2)17-8-4-3-5-9-17)26-20(24)13-12-16-14-22-19-11-7-6-10-18(16)19/h6-7,10-11,14-15,17,22H,3-5,8-9,12-13H2,1-2H3/t15-/m0/s1. The van der Waals surface area contributed by atoms with Gasteiger partial charge in [0.05, 0.1) is 0 Å². The minimum Gasteiger partial charge on any atom is -0.453 e. The monoisotopic (exact) mass is 356 g/mol. The number of H-pyrrole nitrogens is 1. The van der Waals surface area contributed by atoms with Gasteiger partial charge in [0, 0.05) is 36.6 Å². The van der Waals surface area contributed by atoms with E-state index in [1.54, 1.807) is 11.8 Å². The summed E-state index contributed by atoms with van der Waals surface area (Å²) in [6, 6.07) is 8.30. The Hall–Kier alpha value is -2.30. The SMILES string of the molecule is C[C@H](OC(=O)CCc1c[nH]c2ccccc12)C(=O)N(C)C1CCCCC1. The van der Waals surface area contributed by atoms with Gasteiger partial charge in [-0.1, -0.05) is 37.5 Å². The molecule has 1 aromatic heterocycles. The zero-order valence-corrected chi connectivity index (χ0v) is 15.7. The molecule has 5 nitrogen and oxygen atoms in total. The molecule has 1 aliphatic carbocycles. The number of aryl methyl sites for hydroxylation is 1. The Labute approximate surface area is 154 Å². The molecule has 0 bridgehead atoms. The van der Waals surface area contributed by atoms with Crippen molar-refractivity contribution in [3.63, 3.8) is 0 Å². The Morgan fingerprint density at radius 3 is 2.73 bits per heavy atom. The van der Waals surface area contributed by atoms with Crippen molar-refractivity contribution in [2.75, 3.05) is 7.05 Å². The van der Waals surface area contributed by atoms with Gasteiger partial charge in [-0.05, 0) is 37.8 Å². The van der Waals surface area contributed by atoms with Gasteiger partial charge in [0.1, 0.15) is 0 Å². The molecular weight excluding hydrogens is 328 g/mol. The van der Waals surface area contributed by atoms with Crippen LogP contribution < -0.4 is 0 Å². The van der Waals surface area contributed by atoms with E-state index >= 15 is 0 Å². The second kappa shape index (κ2) is 8.39. The second-order valence-electron chi connectivity index (χ2n) is 7.23. The highest BCUT2D eigenvalue weighted by atomic mass is 16.5. The van der Waals surface area contributed by atoms with Gasteiger partial charge in [0.25, 0.3) is 5.91 Å². The molecule has 1 amide bonds. The van der Waals surface area contributed by atoms with Gasteiger partial charge in [-0.3, -0.25) is 9.59 Å². The minimum atomic E-state index is -0.725. The van der Waals surface area contributed by atoms with E-state index in [-0.39, 0.29) is 24.3 Å². The maximum Gasteiger partial charge on any atom is 0.306 e. The molecule has 2 aromatic rings. The van der Waals surface area contributed by atoms with Crippen molar-refractivity contribution >= 4 is 22.8 Å². The number of carbonyl (C=O) groups is 2. The largest absolute Gasteiger partial charge is 0.453 e. The van der Waals surface area contributed by atoms with Gasteiger partial charge in [-0.15, -0.1) is 0 Å². The van der Waals surface area contributed by atoms with Gasteiger partial charge >= 0.3 is 5.97 Å². The summed E-state index contributed by atoms with van der Waals surface area (Å²) in [4.78, 5) is 29.7. The number of nitrogens with one attached hydrogen (secondary N) is 1.